The first kappa shape index (κ1) is 19.6. The second-order valence-corrected chi connectivity index (χ2v) is 6.36. The summed E-state index contributed by atoms with van der Waals surface area (Å²) >= 11 is 0. The number of nitrogens with one attached hydrogen (secondary N) is 2. The predicted octanol–water partition coefficient (Wildman–Crippen LogP) is 2.53. The lowest BCUT2D eigenvalue weighted by atomic mass is 10.2. The third-order valence-electron chi connectivity index (χ3n) is 4.35. The Morgan fingerprint density at radius 3 is 2.75 bits per heavy atom. The van der Waals surface area contributed by atoms with Gasteiger partial charge in [-0.3, -0.25) is 4.79 Å². The summed E-state index contributed by atoms with van der Waals surface area (Å²) in [6.07, 6.45) is 1.62. The lowest BCUT2D eigenvalue weighted by Crippen LogP contribution is -3.11. The normalized spacial score (nSPS) is 11.8. The number of ether oxygens (including phenoxy) is 1. The molecule has 0 fully saturated rings. The topological polar surface area (TPSA) is 68.8 Å². The number of anilines is 1. The van der Waals surface area contributed by atoms with Crippen LogP contribution in [0, 0.1) is 5.82 Å². The van der Waals surface area contributed by atoms with Crippen molar-refractivity contribution in [1.29, 1.82) is 0 Å². The molecule has 3 aromatic rings. The first-order valence-corrected chi connectivity index (χ1v) is 9.05. The number of likely N-dealkylation sites (N-methyl/N-ethyl adjacent to an activating group) is 1. The average Bonchev–Trinajstić information content (AvgIpc) is 3.16. The van der Waals surface area contributed by atoms with Gasteiger partial charge < -0.3 is 19.4 Å². The van der Waals surface area contributed by atoms with Crippen molar-refractivity contribution in [3.05, 3.63) is 66.4 Å². The van der Waals surface area contributed by atoms with Crippen LogP contribution in [0.25, 0.3) is 11.3 Å². The summed E-state index contributed by atoms with van der Waals surface area (Å²) in [4.78, 5) is 17.7. The number of nitrogens with zero attached hydrogens (tertiary/aromatic N) is 1. The van der Waals surface area contributed by atoms with E-state index >= 15 is 0 Å². The molecule has 0 saturated heterocycles. The molecule has 7 heteroatoms. The van der Waals surface area contributed by atoms with Crippen LogP contribution in [-0.2, 0) is 11.3 Å². The van der Waals surface area contributed by atoms with Gasteiger partial charge in [-0.15, -0.1) is 0 Å². The molecule has 1 heterocycles. The molecule has 3 rings (SSSR count). The van der Waals surface area contributed by atoms with Crippen molar-refractivity contribution in [2.75, 3.05) is 25.5 Å². The van der Waals surface area contributed by atoms with Crippen molar-refractivity contribution in [3.8, 4) is 17.1 Å². The summed E-state index contributed by atoms with van der Waals surface area (Å²) in [7, 11) is 1.58. The third-order valence-corrected chi connectivity index (χ3v) is 4.35. The van der Waals surface area contributed by atoms with Crippen LogP contribution in [-0.4, -0.2) is 31.1 Å². The summed E-state index contributed by atoms with van der Waals surface area (Å²) < 4.78 is 24.0. The molecule has 2 N–H and O–H groups in total. The van der Waals surface area contributed by atoms with Crippen LogP contribution in [0.3, 0.4) is 0 Å². The highest BCUT2D eigenvalue weighted by molar-refractivity contribution is 5.91. The number of amides is 1. The first-order chi connectivity index (χ1) is 13.6. The Bertz CT molecular complexity index is 925. The third kappa shape index (κ3) is 5.17. The Balaban J connectivity index is 1.59. The van der Waals surface area contributed by atoms with Gasteiger partial charge >= 0.3 is 0 Å². The van der Waals surface area contributed by atoms with Crippen LogP contribution >= 0.6 is 0 Å². The second-order valence-electron chi connectivity index (χ2n) is 6.36. The number of benzene rings is 2. The molecule has 6 nitrogen and oxygen atoms in total. The molecule has 28 heavy (non-hydrogen) atoms. The van der Waals surface area contributed by atoms with E-state index in [9.17, 15) is 9.18 Å². The van der Waals surface area contributed by atoms with Gasteiger partial charge in [-0.2, -0.15) is 0 Å². The van der Waals surface area contributed by atoms with Gasteiger partial charge in [0.25, 0.3) is 11.8 Å². The summed E-state index contributed by atoms with van der Waals surface area (Å²) in [5.41, 5.74) is 1.45. The van der Waals surface area contributed by atoms with Gasteiger partial charge in [0.1, 0.15) is 11.6 Å². The van der Waals surface area contributed by atoms with Crippen LogP contribution in [0.5, 0.6) is 5.75 Å². The van der Waals surface area contributed by atoms with E-state index in [0.717, 1.165) is 17.0 Å². The summed E-state index contributed by atoms with van der Waals surface area (Å²) in [5.74, 6) is 1.39. The number of rotatable bonds is 8. The lowest BCUT2D eigenvalue weighted by Gasteiger charge is -2.15. The molecule has 1 amide bonds. The molecule has 0 bridgehead atoms. The molecule has 0 radical (unpaired) electrons. The van der Waals surface area contributed by atoms with Crippen LogP contribution < -0.4 is 15.0 Å². The van der Waals surface area contributed by atoms with Crippen molar-refractivity contribution < 1.29 is 23.2 Å². The molecule has 0 aliphatic rings. The van der Waals surface area contributed by atoms with E-state index < -0.39 is 0 Å². The fraction of sp³-hybridized carbons (Fsp3) is 0.238. The van der Waals surface area contributed by atoms with Crippen molar-refractivity contribution in [2.24, 2.45) is 0 Å². The van der Waals surface area contributed by atoms with Crippen molar-refractivity contribution >= 4 is 11.6 Å². The molecule has 0 spiro atoms. The number of aromatic nitrogens is 1. The standard InChI is InChI=1S/C21H22FN3O3/c1-3-25(13-20(26)24-17-5-4-6-18(11-17)27-2)14-21-23-12-19(28-21)15-7-9-16(22)10-8-15/h4-12H,3,13-14H2,1-2H3,(H,24,26)/p+1. The van der Waals surface area contributed by atoms with E-state index in [4.69, 9.17) is 9.15 Å². The van der Waals surface area contributed by atoms with Crippen molar-refractivity contribution in [1.82, 2.24) is 4.98 Å². The van der Waals surface area contributed by atoms with E-state index in [1.54, 1.807) is 31.5 Å². The van der Waals surface area contributed by atoms with E-state index in [0.29, 0.717) is 29.6 Å². The van der Waals surface area contributed by atoms with E-state index in [1.165, 1.54) is 12.1 Å². The van der Waals surface area contributed by atoms with Gasteiger partial charge in [0.05, 0.1) is 19.9 Å². The molecule has 0 aliphatic heterocycles. The molecule has 1 aromatic heterocycles. The predicted molar refractivity (Wildman–Crippen MR) is 104 cm³/mol. The Morgan fingerprint density at radius 2 is 2.04 bits per heavy atom. The number of halogens is 1. The highest BCUT2D eigenvalue weighted by Gasteiger charge is 2.17. The molecular formula is C21H23FN3O3+. The number of carbonyl (C=O) groups excluding carboxylic acids is 1. The molecule has 1 atom stereocenters. The molecule has 0 aliphatic carbocycles. The van der Waals surface area contributed by atoms with Crippen LogP contribution in [0.2, 0.25) is 0 Å². The largest absolute Gasteiger partial charge is 0.497 e. The Hall–Kier alpha value is -3.19. The Kier molecular flexibility index (Phi) is 6.39. The van der Waals surface area contributed by atoms with Gasteiger partial charge in [-0.05, 0) is 43.3 Å². The van der Waals surface area contributed by atoms with E-state index in [1.807, 2.05) is 25.1 Å². The SMILES string of the molecule is CC[NH+](CC(=O)Nc1cccc(OC)c1)Cc1ncc(-c2ccc(F)cc2)o1. The number of carbonyl (C=O) groups is 1. The first-order valence-electron chi connectivity index (χ1n) is 9.05. The molecule has 1 unspecified atom stereocenters. The number of methoxy groups -OCH3 is 1. The van der Waals surface area contributed by atoms with Crippen LogP contribution in [0.4, 0.5) is 10.1 Å². The summed E-state index contributed by atoms with van der Waals surface area (Å²) in [6.45, 7) is 3.49. The summed E-state index contributed by atoms with van der Waals surface area (Å²) in [6, 6.07) is 13.3. The maximum absolute atomic E-state index is 13.1. The lowest BCUT2D eigenvalue weighted by molar-refractivity contribution is -0.905. The average molecular weight is 384 g/mol. The van der Waals surface area contributed by atoms with E-state index in [-0.39, 0.29) is 18.3 Å². The van der Waals surface area contributed by atoms with E-state index in [2.05, 4.69) is 10.3 Å². The Labute approximate surface area is 162 Å². The minimum Gasteiger partial charge on any atom is -0.497 e. The van der Waals surface area contributed by atoms with Gasteiger partial charge in [-0.25, -0.2) is 9.37 Å². The molecule has 146 valence electrons. The van der Waals surface area contributed by atoms with Crippen LogP contribution in [0.1, 0.15) is 12.8 Å². The smallest absolute Gasteiger partial charge is 0.279 e. The maximum Gasteiger partial charge on any atom is 0.279 e. The maximum atomic E-state index is 13.1. The van der Waals surface area contributed by atoms with Gasteiger partial charge in [0.2, 0.25) is 0 Å². The van der Waals surface area contributed by atoms with Crippen molar-refractivity contribution in [2.45, 2.75) is 13.5 Å². The zero-order chi connectivity index (χ0) is 19.9. The van der Waals surface area contributed by atoms with Gasteiger partial charge in [-0.1, -0.05) is 6.07 Å². The van der Waals surface area contributed by atoms with Gasteiger partial charge in [0.15, 0.2) is 18.8 Å². The number of hydrogen-bond acceptors (Lipinski definition) is 4. The fourth-order valence-electron chi connectivity index (χ4n) is 2.80. The van der Waals surface area contributed by atoms with Crippen LogP contribution in [0.15, 0.2) is 59.1 Å². The Morgan fingerprint density at radius 1 is 1.25 bits per heavy atom. The molecule has 0 saturated carbocycles. The minimum atomic E-state index is -0.299. The number of quaternary nitrogens is 1. The quantitative estimate of drug-likeness (QED) is 0.626. The highest BCUT2D eigenvalue weighted by atomic mass is 19.1. The highest BCUT2D eigenvalue weighted by Crippen LogP contribution is 2.20. The minimum absolute atomic E-state index is 0.101. The molecule has 2 aromatic carbocycles. The summed E-state index contributed by atoms with van der Waals surface area (Å²) in [5, 5.41) is 2.88. The van der Waals surface area contributed by atoms with Gasteiger partial charge in [0, 0.05) is 17.3 Å². The number of hydrogen-bond donors (Lipinski definition) is 2. The number of oxazole rings is 1. The second kappa shape index (κ2) is 9.14. The monoisotopic (exact) mass is 384 g/mol. The zero-order valence-corrected chi connectivity index (χ0v) is 15.9. The van der Waals surface area contributed by atoms with Crippen molar-refractivity contribution in [3.63, 3.8) is 0 Å². The zero-order valence-electron chi connectivity index (χ0n) is 15.9. The fourth-order valence-corrected chi connectivity index (χ4v) is 2.80. The molecular weight excluding hydrogens is 361 g/mol.